The van der Waals surface area contributed by atoms with Crippen molar-refractivity contribution in [2.24, 2.45) is 0 Å². The number of allylic oxidation sites excluding steroid dienone is 2. The number of carboxylic acids is 1. The van der Waals surface area contributed by atoms with Crippen LogP contribution >= 0.6 is 0 Å². The smallest absolute Gasteiger partial charge is 0.306 e. The molecule has 0 aromatic carbocycles. The van der Waals surface area contributed by atoms with Gasteiger partial charge in [-0.15, -0.1) is 0 Å². The maximum atomic E-state index is 12.0. The first-order valence-corrected chi connectivity index (χ1v) is 12.1. The Morgan fingerprint density at radius 2 is 1.33 bits per heavy atom. The van der Waals surface area contributed by atoms with Gasteiger partial charge in [0.2, 0.25) is 0 Å². The molecule has 0 rings (SSSR count). The summed E-state index contributed by atoms with van der Waals surface area (Å²) >= 11 is 0. The van der Waals surface area contributed by atoms with Crippen molar-refractivity contribution in [2.75, 3.05) is 27.7 Å². The van der Waals surface area contributed by atoms with Crippen molar-refractivity contribution in [3.63, 3.8) is 0 Å². The SMILES string of the molecule is CCCCCC=CCCCCCCCCCCC(=O)OC(CC(=O)[O-])C[N+](C)(C)C. The molecule has 5 nitrogen and oxygen atoms in total. The molecule has 0 amide bonds. The van der Waals surface area contributed by atoms with E-state index in [1.807, 2.05) is 21.1 Å². The van der Waals surface area contributed by atoms with E-state index in [1.54, 1.807) is 0 Å². The third-order valence-electron chi connectivity index (χ3n) is 5.09. The van der Waals surface area contributed by atoms with Gasteiger partial charge in [-0.2, -0.15) is 0 Å². The Morgan fingerprint density at radius 3 is 1.83 bits per heavy atom. The number of unbranched alkanes of at least 4 members (excludes halogenated alkanes) is 11. The van der Waals surface area contributed by atoms with Crippen molar-refractivity contribution in [1.29, 1.82) is 0 Å². The van der Waals surface area contributed by atoms with E-state index in [4.69, 9.17) is 4.74 Å². The number of likely N-dealkylation sites (N-methyl/N-ethyl adjacent to an activating group) is 1. The highest BCUT2D eigenvalue weighted by atomic mass is 16.5. The Bertz CT molecular complexity index is 468. The summed E-state index contributed by atoms with van der Waals surface area (Å²) < 4.78 is 5.92. The molecule has 0 aliphatic carbocycles. The Hall–Kier alpha value is -1.36. The molecule has 0 aromatic heterocycles. The second-order valence-corrected chi connectivity index (χ2v) is 9.50. The number of hydrogen-bond donors (Lipinski definition) is 0. The zero-order chi connectivity index (χ0) is 22.7. The molecule has 5 heteroatoms. The molecule has 0 aliphatic rings. The lowest BCUT2D eigenvalue weighted by atomic mass is 10.1. The minimum Gasteiger partial charge on any atom is -0.550 e. The lowest BCUT2D eigenvalue weighted by Gasteiger charge is -2.29. The van der Waals surface area contributed by atoms with E-state index in [9.17, 15) is 14.7 Å². The van der Waals surface area contributed by atoms with Crippen LogP contribution in [0.2, 0.25) is 0 Å². The summed E-state index contributed by atoms with van der Waals surface area (Å²) in [7, 11) is 5.84. The molecular weight excluding hydrogens is 378 g/mol. The number of hydrogen-bond acceptors (Lipinski definition) is 4. The Labute approximate surface area is 185 Å². The third-order valence-corrected chi connectivity index (χ3v) is 5.09. The maximum Gasteiger partial charge on any atom is 0.306 e. The first kappa shape index (κ1) is 28.6. The second kappa shape index (κ2) is 18.4. The molecule has 0 radical (unpaired) electrons. The molecule has 0 heterocycles. The molecule has 176 valence electrons. The standard InChI is InChI=1S/C25H47NO4/c1-5-6-7-8-9-10-11-12-13-14-15-16-17-18-19-20-25(29)30-23(21-24(27)28)22-26(2,3)4/h9-10,23H,5-8,11-22H2,1-4H3. The van der Waals surface area contributed by atoms with Gasteiger partial charge >= 0.3 is 5.97 Å². The van der Waals surface area contributed by atoms with Crippen LogP contribution in [0.25, 0.3) is 0 Å². The molecule has 30 heavy (non-hydrogen) atoms. The lowest BCUT2D eigenvalue weighted by molar-refractivity contribution is -0.873. The number of ether oxygens (including phenoxy) is 1. The van der Waals surface area contributed by atoms with E-state index in [1.165, 1.54) is 64.2 Å². The molecular formula is C25H47NO4. The monoisotopic (exact) mass is 425 g/mol. The molecule has 0 saturated carbocycles. The third kappa shape index (κ3) is 21.4. The summed E-state index contributed by atoms with van der Waals surface area (Å²) in [5.41, 5.74) is 0. The van der Waals surface area contributed by atoms with E-state index in [0.717, 1.165) is 19.3 Å². The van der Waals surface area contributed by atoms with Crippen LogP contribution in [0.5, 0.6) is 0 Å². The van der Waals surface area contributed by atoms with Crippen molar-refractivity contribution in [1.82, 2.24) is 0 Å². The van der Waals surface area contributed by atoms with Crippen molar-refractivity contribution in [2.45, 2.75) is 109 Å². The van der Waals surface area contributed by atoms with Gasteiger partial charge < -0.3 is 19.1 Å². The number of carbonyl (C=O) groups is 2. The minimum absolute atomic E-state index is 0.240. The highest BCUT2D eigenvalue weighted by Gasteiger charge is 2.22. The van der Waals surface area contributed by atoms with Gasteiger partial charge in [0, 0.05) is 18.8 Å². The summed E-state index contributed by atoms with van der Waals surface area (Å²) in [6.07, 6.45) is 19.9. The van der Waals surface area contributed by atoms with Crippen LogP contribution in [0.1, 0.15) is 103 Å². The summed E-state index contributed by atoms with van der Waals surface area (Å²) in [5, 5.41) is 10.9. The molecule has 0 spiro atoms. The fourth-order valence-corrected chi connectivity index (χ4v) is 3.53. The lowest BCUT2D eigenvalue weighted by Crippen LogP contribution is -2.45. The Balaban J connectivity index is 3.62. The quantitative estimate of drug-likeness (QED) is 0.122. The average Bonchev–Trinajstić information content (AvgIpc) is 2.63. The normalized spacial score (nSPS) is 12.9. The van der Waals surface area contributed by atoms with Gasteiger partial charge in [0.05, 0.1) is 21.1 Å². The topological polar surface area (TPSA) is 66.4 Å². The Kier molecular flexibility index (Phi) is 17.6. The van der Waals surface area contributed by atoms with Gasteiger partial charge in [-0.25, -0.2) is 0 Å². The number of carbonyl (C=O) groups excluding carboxylic acids is 2. The predicted molar refractivity (Wildman–Crippen MR) is 122 cm³/mol. The first-order valence-electron chi connectivity index (χ1n) is 12.1. The first-order chi connectivity index (χ1) is 14.2. The van der Waals surface area contributed by atoms with Crippen LogP contribution in [0.4, 0.5) is 0 Å². The van der Waals surface area contributed by atoms with Crippen LogP contribution in [0.3, 0.4) is 0 Å². The largest absolute Gasteiger partial charge is 0.550 e. The van der Waals surface area contributed by atoms with E-state index >= 15 is 0 Å². The highest BCUT2D eigenvalue weighted by molar-refractivity contribution is 5.70. The molecule has 0 fully saturated rings. The average molecular weight is 426 g/mol. The predicted octanol–water partition coefficient (Wildman–Crippen LogP) is 4.78. The van der Waals surface area contributed by atoms with Gasteiger partial charge in [0.25, 0.3) is 0 Å². The van der Waals surface area contributed by atoms with Gasteiger partial charge in [0.1, 0.15) is 6.54 Å². The van der Waals surface area contributed by atoms with Crippen LogP contribution in [0.15, 0.2) is 12.2 Å². The van der Waals surface area contributed by atoms with Crippen molar-refractivity contribution in [3.05, 3.63) is 12.2 Å². The summed E-state index contributed by atoms with van der Waals surface area (Å²) in [4.78, 5) is 22.9. The van der Waals surface area contributed by atoms with Crippen LogP contribution in [-0.4, -0.2) is 50.2 Å². The molecule has 0 aliphatic heterocycles. The van der Waals surface area contributed by atoms with Crippen LogP contribution in [-0.2, 0) is 14.3 Å². The van der Waals surface area contributed by atoms with Crippen molar-refractivity contribution < 1.29 is 23.9 Å². The molecule has 0 saturated heterocycles. The fourth-order valence-electron chi connectivity index (χ4n) is 3.53. The van der Waals surface area contributed by atoms with Crippen LogP contribution in [0, 0.1) is 0 Å². The number of aliphatic carboxylic acids is 1. The summed E-state index contributed by atoms with van der Waals surface area (Å²) in [5.74, 6) is -1.47. The molecule has 1 unspecified atom stereocenters. The summed E-state index contributed by atoms with van der Waals surface area (Å²) in [6.45, 7) is 2.71. The van der Waals surface area contributed by atoms with Gasteiger partial charge in [-0.05, 0) is 32.1 Å². The summed E-state index contributed by atoms with van der Waals surface area (Å²) in [6, 6.07) is 0. The number of quaternary nitrogens is 1. The minimum atomic E-state index is -1.18. The van der Waals surface area contributed by atoms with Gasteiger partial charge in [-0.1, -0.05) is 70.4 Å². The maximum absolute atomic E-state index is 12.0. The van der Waals surface area contributed by atoms with E-state index in [-0.39, 0.29) is 12.4 Å². The Morgan fingerprint density at radius 1 is 0.833 bits per heavy atom. The number of nitrogens with zero attached hydrogens (tertiary/aromatic N) is 1. The van der Waals surface area contributed by atoms with Crippen molar-refractivity contribution >= 4 is 11.9 Å². The number of rotatable bonds is 20. The number of esters is 1. The fraction of sp³-hybridized carbons (Fsp3) is 0.840. The van der Waals surface area contributed by atoms with Gasteiger partial charge in [0.15, 0.2) is 6.10 Å². The van der Waals surface area contributed by atoms with E-state index in [2.05, 4.69) is 19.1 Å². The van der Waals surface area contributed by atoms with Gasteiger partial charge in [-0.3, -0.25) is 4.79 Å². The molecule has 0 aromatic rings. The second-order valence-electron chi connectivity index (χ2n) is 9.50. The van der Waals surface area contributed by atoms with Crippen molar-refractivity contribution in [3.8, 4) is 0 Å². The molecule has 0 N–H and O–H groups in total. The highest BCUT2D eigenvalue weighted by Crippen LogP contribution is 2.12. The molecule has 1 atom stereocenters. The zero-order valence-corrected chi connectivity index (χ0v) is 20.1. The zero-order valence-electron chi connectivity index (χ0n) is 20.1. The number of carboxylic acid groups (broad SMARTS) is 1. The molecule has 0 bridgehead atoms. The van der Waals surface area contributed by atoms with E-state index < -0.39 is 12.1 Å². The van der Waals surface area contributed by atoms with E-state index in [0.29, 0.717) is 17.4 Å². The van der Waals surface area contributed by atoms with Crippen LogP contribution < -0.4 is 5.11 Å².